The fourth-order valence-corrected chi connectivity index (χ4v) is 8.35. The van der Waals surface area contributed by atoms with E-state index in [1.807, 2.05) is 29.2 Å². The van der Waals surface area contributed by atoms with Crippen molar-refractivity contribution in [2.75, 3.05) is 11.4 Å². The summed E-state index contributed by atoms with van der Waals surface area (Å²) < 4.78 is 14.2. The monoisotopic (exact) mass is 511 g/mol. The van der Waals surface area contributed by atoms with Crippen LogP contribution in [-0.4, -0.2) is 21.9 Å². The number of hydrogen-bond donors (Lipinski definition) is 0. The molecule has 3 fully saturated rings. The number of carbonyl (C=O) groups is 1. The van der Waals surface area contributed by atoms with Gasteiger partial charge in [-0.1, -0.05) is 34.8 Å². The van der Waals surface area contributed by atoms with Crippen LogP contribution >= 0.6 is 15.9 Å². The molecule has 0 aromatic heterocycles. The molecule has 4 aliphatic rings. The van der Waals surface area contributed by atoms with Crippen LogP contribution in [-0.2, 0) is 16.2 Å². The van der Waals surface area contributed by atoms with Gasteiger partial charge >= 0.3 is 0 Å². The number of fused-ring (bicyclic) bond motifs is 2. The number of rotatable bonds is 3. The summed E-state index contributed by atoms with van der Waals surface area (Å²) in [5.74, 6) is 0.0439. The van der Waals surface area contributed by atoms with Crippen molar-refractivity contribution in [3.63, 3.8) is 0 Å². The Bertz CT molecular complexity index is 1090. The van der Waals surface area contributed by atoms with Crippen LogP contribution in [0.15, 0.2) is 51.8 Å². The zero-order valence-electron chi connectivity index (χ0n) is 18.4. The molecule has 1 heterocycles. The fourth-order valence-electron chi connectivity index (χ4n) is 6.39. The molecule has 3 saturated carbocycles. The van der Waals surface area contributed by atoms with Gasteiger partial charge in [0, 0.05) is 37.8 Å². The Morgan fingerprint density at radius 2 is 1.69 bits per heavy atom. The zero-order valence-corrected chi connectivity index (χ0v) is 20.8. The largest absolute Gasteiger partial charge is 0.307 e. The van der Waals surface area contributed by atoms with E-state index >= 15 is 0 Å². The number of nitrogens with zero attached hydrogens (tertiary/aromatic N) is 1. The third kappa shape index (κ3) is 3.51. The van der Waals surface area contributed by atoms with E-state index < -0.39 is 10.8 Å². The van der Waals surface area contributed by atoms with E-state index in [1.54, 1.807) is 0 Å². The number of anilines is 1. The van der Waals surface area contributed by atoms with Gasteiger partial charge in [0.25, 0.3) is 5.91 Å². The molecule has 168 valence electrons. The lowest BCUT2D eigenvalue weighted by Gasteiger charge is -2.38. The van der Waals surface area contributed by atoms with E-state index in [9.17, 15) is 9.00 Å². The third-order valence-electron chi connectivity index (χ3n) is 8.67. The lowest BCUT2D eigenvalue weighted by molar-refractivity contribution is 0.0980. The van der Waals surface area contributed by atoms with Crippen molar-refractivity contribution in [2.24, 2.45) is 5.41 Å². The van der Waals surface area contributed by atoms with Gasteiger partial charge in [-0.2, -0.15) is 0 Å². The zero-order chi connectivity index (χ0) is 21.9. The highest BCUT2D eigenvalue weighted by Gasteiger charge is 2.53. The molecule has 1 amide bonds. The van der Waals surface area contributed by atoms with E-state index in [1.165, 1.54) is 56.9 Å². The van der Waals surface area contributed by atoms with Gasteiger partial charge in [0.2, 0.25) is 0 Å². The summed E-state index contributed by atoms with van der Waals surface area (Å²) in [6.07, 6.45) is 12.1. The van der Waals surface area contributed by atoms with Crippen LogP contribution in [0.3, 0.4) is 0 Å². The normalized spacial score (nSPS) is 24.1. The smallest absolute Gasteiger partial charge is 0.258 e. The van der Waals surface area contributed by atoms with Gasteiger partial charge in [0.1, 0.15) is 0 Å². The molecule has 3 nitrogen and oxygen atoms in total. The average Bonchev–Trinajstić information content (AvgIpc) is 3.23. The summed E-state index contributed by atoms with van der Waals surface area (Å²) in [5, 5.41) is 0.241. The van der Waals surface area contributed by atoms with E-state index in [2.05, 4.69) is 34.1 Å². The van der Waals surface area contributed by atoms with E-state index in [0.29, 0.717) is 11.0 Å². The molecule has 2 aromatic rings. The van der Waals surface area contributed by atoms with Crippen molar-refractivity contribution in [3.8, 4) is 0 Å². The second-order valence-electron chi connectivity index (χ2n) is 10.6. The van der Waals surface area contributed by atoms with Crippen molar-refractivity contribution in [2.45, 2.75) is 79.8 Å². The molecule has 6 rings (SSSR count). The van der Waals surface area contributed by atoms with Crippen LogP contribution in [0.4, 0.5) is 5.69 Å². The summed E-state index contributed by atoms with van der Waals surface area (Å²) in [6.45, 7) is 0.768. The minimum Gasteiger partial charge on any atom is -0.307 e. The number of hydrogen-bond acceptors (Lipinski definition) is 2. The molecular weight excluding hydrogens is 482 g/mol. The van der Waals surface area contributed by atoms with Crippen LogP contribution in [0.1, 0.15) is 80.1 Å². The van der Waals surface area contributed by atoms with Gasteiger partial charge in [0.05, 0.1) is 10.8 Å². The first-order chi connectivity index (χ1) is 15.5. The van der Waals surface area contributed by atoms with Crippen LogP contribution in [0.2, 0.25) is 0 Å². The number of benzene rings is 2. The molecule has 5 heteroatoms. The molecule has 0 saturated heterocycles. The SMILES string of the molecule is O=C(c1cccc(S(=O)C2CCCC2)c1)N1CC2(CCC3(CC3)CC2)c2cc(Br)ccc21. The molecule has 0 radical (unpaired) electrons. The minimum absolute atomic E-state index is 0.0439. The molecule has 1 aliphatic heterocycles. The van der Waals surface area contributed by atoms with Gasteiger partial charge in [-0.15, -0.1) is 0 Å². The quantitative estimate of drug-likeness (QED) is 0.456. The Morgan fingerprint density at radius 1 is 0.969 bits per heavy atom. The lowest BCUT2D eigenvalue weighted by Crippen LogP contribution is -2.40. The maximum Gasteiger partial charge on any atom is 0.258 e. The second kappa shape index (κ2) is 7.80. The fraction of sp³-hybridized carbons (Fsp3) is 0.519. The van der Waals surface area contributed by atoms with Gasteiger partial charge < -0.3 is 4.90 Å². The first-order valence-corrected chi connectivity index (χ1v) is 14.1. The highest BCUT2D eigenvalue weighted by molar-refractivity contribution is 9.10. The molecule has 1 unspecified atom stereocenters. The molecule has 3 aliphatic carbocycles. The topological polar surface area (TPSA) is 37.4 Å². The van der Waals surface area contributed by atoms with E-state index in [-0.39, 0.29) is 16.6 Å². The molecule has 1 atom stereocenters. The maximum absolute atomic E-state index is 13.8. The number of carbonyl (C=O) groups excluding carboxylic acids is 1. The van der Waals surface area contributed by atoms with Crippen LogP contribution < -0.4 is 4.90 Å². The molecule has 32 heavy (non-hydrogen) atoms. The highest BCUT2D eigenvalue weighted by atomic mass is 79.9. The van der Waals surface area contributed by atoms with Crippen molar-refractivity contribution in [1.82, 2.24) is 0 Å². The molecule has 2 aromatic carbocycles. The van der Waals surface area contributed by atoms with Gasteiger partial charge in [-0.05, 0) is 98.7 Å². The maximum atomic E-state index is 13.8. The Hall–Kier alpha value is -1.46. The molecule has 0 bridgehead atoms. The molecule has 2 spiro atoms. The van der Waals surface area contributed by atoms with Crippen molar-refractivity contribution >= 4 is 38.3 Å². The highest BCUT2D eigenvalue weighted by Crippen LogP contribution is 2.62. The average molecular weight is 513 g/mol. The Labute approximate surface area is 201 Å². The van der Waals surface area contributed by atoms with Gasteiger partial charge in [0.15, 0.2) is 0 Å². The summed E-state index contributed by atoms with van der Waals surface area (Å²) in [4.78, 5) is 16.6. The summed E-state index contributed by atoms with van der Waals surface area (Å²) in [7, 11) is -1.02. The van der Waals surface area contributed by atoms with Crippen molar-refractivity contribution in [3.05, 3.63) is 58.1 Å². The first kappa shape index (κ1) is 21.1. The third-order valence-corrected chi connectivity index (χ3v) is 11.0. The molecular formula is C27H30BrNO2S. The molecule has 0 N–H and O–H groups in total. The van der Waals surface area contributed by atoms with Crippen LogP contribution in [0.5, 0.6) is 0 Å². The van der Waals surface area contributed by atoms with Crippen molar-refractivity contribution in [1.29, 1.82) is 0 Å². The predicted molar refractivity (Wildman–Crippen MR) is 133 cm³/mol. The van der Waals surface area contributed by atoms with Crippen molar-refractivity contribution < 1.29 is 9.00 Å². The Morgan fingerprint density at radius 3 is 2.41 bits per heavy atom. The number of amides is 1. The second-order valence-corrected chi connectivity index (χ2v) is 13.2. The van der Waals surface area contributed by atoms with Gasteiger partial charge in [-0.3, -0.25) is 9.00 Å². The summed E-state index contributed by atoms with van der Waals surface area (Å²) in [6, 6.07) is 14.0. The number of halogens is 1. The van der Waals surface area contributed by atoms with Crippen LogP contribution in [0, 0.1) is 5.41 Å². The Balaban J connectivity index is 1.31. The summed E-state index contributed by atoms with van der Waals surface area (Å²) >= 11 is 3.67. The van der Waals surface area contributed by atoms with E-state index in [4.69, 9.17) is 0 Å². The Kier molecular flexibility index (Phi) is 5.14. The summed E-state index contributed by atoms with van der Waals surface area (Å²) in [5.41, 5.74) is 3.75. The first-order valence-electron chi connectivity index (χ1n) is 12.1. The lowest BCUT2D eigenvalue weighted by atomic mass is 9.66. The van der Waals surface area contributed by atoms with Gasteiger partial charge in [-0.25, -0.2) is 0 Å². The van der Waals surface area contributed by atoms with E-state index in [0.717, 1.165) is 34.4 Å². The van der Waals surface area contributed by atoms with Crippen LogP contribution in [0.25, 0.3) is 0 Å². The predicted octanol–water partition coefficient (Wildman–Crippen LogP) is 6.75. The standard InChI is InChI=1S/C27H30BrNO2S/c28-20-8-9-24-23(17-20)27(14-12-26(10-11-26)13-15-27)18-29(24)25(30)19-4-3-7-22(16-19)32(31)21-5-1-2-6-21/h3-4,7-9,16-17,21H,1-2,5-6,10-15,18H2. The minimum atomic E-state index is -1.02.